The number of benzene rings is 1. The minimum Gasteiger partial charge on any atom is -0.493 e. The molecule has 0 aromatic heterocycles. The summed E-state index contributed by atoms with van der Waals surface area (Å²) in [4.78, 5) is 16.0. The zero-order chi connectivity index (χ0) is 18.2. The topological polar surface area (TPSA) is 84.0 Å². The average molecular weight is 464 g/mol. The molecule has 1 aromatic carbocycles. The molecule has 0 saturated carbocycles. The standard InChI is InChI=1S/C17H28N4O3.HI/c1-17(2,3)21-14(22)11-20-16(18-4)19-10-12-8-7-9-13(23-5)15(12)24-6;/h7-9H,10-11H2,1-6H3,(H,21,22)(H2,18,19,20);1H. The Morgan fingerprint density at radius 3 is 2.36 bits per heavy atom. The van der Waals surface area contributed by atoms with E-state index in [9.17, 15) is 4.79 Å². The Labute approximate surface area is 167 Å². The Morgan fingerprint density at radius 1 is 1.16 bits per heavy atom. The van der Waals surface area contributed by atoms with Crippen LogP contribution in [-0.2, 0) is 11.3 Å². The van der Waals surface area contributed by atoms with Gasteiger partial charge in [0.2, 0.25) is 5.91 Å². The van der Waals surface area contributed by atoms with Gasteiger partial charge in [0, 0.05) is 24.7 Å². The largest absolute Gasteiger partial charge is 0.493 e. The number of aliphatic imine (C=N–C) groups is 1. The van der Waals surface area contributed by atoms with Crippen LogP contribution >= 0.6 is 24.0 Å². The molecule has 0 radical (unpaired) electrons. The van der Waals surface area contributed by atoms with E-state index in [-0.39, 0.29) is 42.0 Å². The summed E-state index contributed by atoms with van der Waals surface area (Å²) < 4.78 is 10.7. The maximum Gasteiger partial charge on any atom is 0.239 e. The number of ether oxygens (including phenoxy) is 2. The van der Waals surface area contributed by atoms with Gasteiger partial charge >= 0.3 is 0 Å². The lowest BCUT2D eigenvalue weighted by Gasteiger charge is -2.21. The van der Waals surface area contributed by atoms with Crippen LogP contribution in [0.25, 0.3) is 0 Å². The quantitative estimate of drug-likeness (QED) is 0.341. The van der Waals surface area contributed by atoms with Crippen LogP contribution in [-0.4, -0.2) is 45.2 Å². The Hall–Kier alpha value is -1.71. The zero-order valence-electron chi connectivity index (χ0n) is 15.7. The van der Waals surface area contributed by atoms with Crippen LogP contribution in [0.5, 0.6) is 11.5 Å². The van der Waals surface area contributed by atoms with Crippen molar-refractivity contribution in [1.29, 1.82) is 0 Å². The van der Waals surface area contributed by atoms with Gasteiger partial charge in [-0.1, -0.05) is 12.1 Å². The maximum absolute atomic E-state index is 11.8. The summed E-state index contributed by atoms with van der Waals surface area (Å²) in [6.45, 7) is 6.44. The summed E-state index contributed by atoms with van der Waals surface area (Å²) in [5, 5.41) is 9.02. The molecular weight excluding hydrogens is 435 g/mol. The van der Waals surface area contributed by atoms with E-state index in [1.54, 1.807) is 21.3 Å². The lowest BCUT2D eigenvalue weighted by Crippen LogP contribution is -2.48. The van der Waals surface area contributed by atoms with Crippen LogP contribution in [0.3, 0.4) is 0 Å². The molecule has 0 aliphatic rings. The third-order valence-corrected chi connectivity index (χ3v) is 3.09. The van der Waals surface area contributed by atoms with Gasteiger partial charge in [-0.3, -0.25) is 9.79 Å². The molecule has 3 N–H and O–H groups in total. The normalized spacial score (nSPS) is 11.2. The Balaban J connectivity index is 0.00000576. The minimum atomic E-state index is -0.260. The first-order chi connectivity index (χ1) is 11.3. The predicted octanol–water partition coefficient (Wildman–Crippen LogP) is 1.90. The maximum atomic E-state index is 11.8. The van der Waals surface area contributed by atoms with Crippen molar-refractivity contribution in [2.45, 2.75) is 32.9 Å². The summed E-state index contributed by atoms with van der Waals surface area (Å²) in [6.07, 6.45) is 0. The minimum absolute atomic E-state index is 0. The molecule has 142 valence electrons. The first-order valence-corrected chi connectivity index (χ1v) is 7.76. The van der Waals surface area contributed by atoms with Gasteiger partial charge in [-0.25, -0.2) is 0 Å². The summed E-state index contributed by atoms with van der Waals surface area (Å²) in [5.41, 5.74) is 0.669. The van der Waals surface area contributed by atoms with Crippen LogP contribution in [0.4, 0.5) is 0 Å². The van der Waals surface area contributed by atoms with E-state index in [0.717, 1.165) is 5.56 Å². The highest BCUT2D eigenvalue weighted by atomic mass is 127. The summed E-state index contributed by atoms with van der Waals surface area (Å²) in [7, 11) is 4.86. The van der Waals surface area contributed by atoms with Crippen molar-refractivity contribution in [3.05, 3.63) is 23.8 Å². The fourth-order valence-electron chi connectivity index (χ4n) is 2.12. The fraction of sp³-hybridized carbons (Fsp3) is 0.529. The van der Waals surface area contributed by atoms with Crippen molar-refractivity contribution >= 4 is 35.8 Å². The number of rotatable bonds is 6. The summed E-state index contributed by atoms with van der Waals surface area (Å²) in [6, 6.07) is 5.67. The molecule has 0 saturated heterocycles. The first-order valence-electron chi connectivity index (χ1n) is 7.76. The molecule has 1 amide bonds. The van der Waals surface area contributed by atoms with E-state index in [0.29, 0.717) is 24.0 Å². The Kier molecular flexibility index (Phi) is 10.3. The van der Waals surface area contributed by atoms with Gasteiger partial charge in [0.15, 0.2) is 17.5 Å². The van der Waals surface area contributed by atoms with E-state index in [2.05, 4.69) is 20.9 Å². The van der Waals surface area contributed by atoms with Crippen molar-refractivity contribution in [3.63, 3.8) is 0 Å². The molecule has 0 atom stereocenters. The van der Waals surface area contributed by atoms with E-state index in [4.69, 9.17) is 9.47 Å². The van der Waals surface area contributed by atoms with Gasteiger partial charge in [-0.05, 0) is 26.8 Å². The van der Waals surface area contributed by atoms with Crippen molar-refractivity contribution in [2.75, 3.05) is 27.8 Å². The van der Waals surface area contributed by atoms with Crippen molar-refractivity contribution in [1.82, 2.24) is 16.0 Å². The van der Waals surface area contributed by atoms with Gasteiger partial charge in [-0.15, -0.1) is 24.0 Å². The molecule has 0 aliphatic carbocycles. The van der Waals surface area contributed by atoms with E-state index >= 15 is 0 Å². The van der Waals surface area contributed by atoms with E-state index in [1.165, 1.54) is 0 Å². The monoisotopic (exact) mass is 464 g/mol. The number of hydrogen-bond donors (Lipinski definition) is 3. The molecule has 25 heavy (non-hydrogen) atoms. The van der Waals surface area contributed by atoms with Gasteiger partial charge in [-0.2, -0.15) is 0 Å². The molecule has 0 heterocycles. The van der Waals surface area contributed by atoms with Gasteiger partial charge in [0.1, 0.15) is 0 Å². The molecule has 8 heteroatoms. The van der Waals surface area contributed by atoms with Crippen LogP contribution in [0.1, 0.15) is 26.3 Å². The Morgan fingerprint density at radius 2 is 1.84 bits per heavy atom. The molecule has 1 rings (SSSR count). The number of guanidine groups is 1. The molecule has 0 bridgehead atoms. The second kappa shape index (κ2) is 11.0. The van der Waals surface area contributed by atoms with Crippen molar-refractivity contribution in [2.24, 2.45) is 4.99 Å². The van der Waals surface area contributed by atoms with Crippen LogP contribution < -0.4 is 25.4 Å². The highest BCUT2D eigenvalue weighted by Gasteiger charge is 2.14. The molecule has 7 nitrogen and oxygen atoms in total. The van der Waals surface area contributed by atoms with Gasteiger partial charge in [0.25, 0.3) is 0 Å². The smallest absolute Gasteiger partial charge is 0.239 e. The number of carbonyl (C=O) groups excluding carboxylic acids is 1. The van der Waals surface area contributed by atoms with E-state index < -0.39 is 0 Å². The predicted molar refractivity (Wildman–Crippen MR) is 111 cm³/mol. The molecule has 0 unspecified atom stereocenters. The molecule has 0 spiro atoms. The van der Waals surface area contributed by atoms with Crippen molar-refractivity contribution < 1.29 is 14.3 Å². The third-order valence-electron chi connectivity index (χ3n) is 3.09. The lowest BCUT2D eigenvalue weighted by molar-refractivity contribution is -0.121. The number of hydrogen-bond acceptors (Lipinski definition) is 4. The first kappa shape index (κ1) is 23.3. The number of amides is 1. The second-order valence-corrected chi connectivity index (χ2v) is 6.23. The lowest BCUT2D eigenvalue weighted by atomic mass is 10.1. The number of methoxy groups -OCH3 is 2. The van der Waals surface area contributed by atoms with Crippen LogP contribution in [0, 0.1) is 0 Å². The number of nitrogens with zero attached hydrogens (tertiary/aromatic N) is 1. The number of carbonyl (C=O) groups is 1. The highest BCUT2D eigenvalue weighted by molar-refractivity contribution is 14.0. The van der Waals surface area contributed by atoms with Gasteiger partial charge in [0.05, 0.1) is 20.8 Å². The molecular formula is C17H29IN4O3. The fourth-order valence-corrected chi connectivity index (χ4v) is 2.12. The zero-order valence-corrected chi connectivity index (χ0v) is 18.1. The van der Waals surface area contributed by atoms with E-state index in [1.807, 2.05) is 39.0 Å². The highest BCUT2D eigenvalue weighted by Crippen LogP contribution is 2.30. The Bertz CT molecular complexity index is 586. The second-order valence-electron chi connectivity index (χ2n) is 6.23. The number of halogens is 1. The number of nitrogens with one attached hydrogen (secondary N) is 3. The average Bonchev–Trinajstić information content (AvgIpc) is 2.52. The molecule has 0 fully saturated rings. The van der Waals surface area contributed by atoms with Crippen LogP contribution in [0.2, 0.25) is 0 Å². The third kappa shape index (κ3) is 8.28. The van der Waals surface area contributed by atoms with Crippen LogP contribution in [0.15, 0.2) is 23.2 Å². The SMILES string of the molecule is CN=C(NCC(=O)NC(C)(C)C)NCc1cccc(OC)c1OC.I. The summed E-state index contributed by atoms with van der Waals surface area (Å²) >= 11 is 0. The summed E-state index contributed by atoms with van der Waals surface area (Å²) in [5.74, 6) is 1.78. The van der Waals surface area contributed by atoms with Gasteiger partial charge < -0.3 is 25.4 Å². The molecule has 1 aromatic rings. The number of para-hydroxylation sites is 1. The molecule has 0 aliphatic heterocycles. The van der Waals surface area contributed by atoms with Crippen molar-refractivity contribution in [3.8, 4) is 11.5 Å².